The molecule has 1 fully saturated rings. The topological polar surface area (TPSA) is 16.4 Å². The quantitative estimate of drug-likeness (QED) is 0.592. The van der Waals surface area contributed by atoms with Crippen LogP contribution in [-0.4, -0.2) is 12.2 Å². The molecule has 0 saturated carbocycles. The summed E-state index contributed by atoms with van der Waals surface area (Å²) in [5.74, 6) is 0. The molecule has 1 rings (SSSR count). The maximum atomic E-state index is 6.88. The van der Waals surface area contributed by atoms with E-state index in [1.165, 1.54) is 12.8 Å². The van der Waals surface area contributed by atoms with Crippen molar-refractivity contribution >= 4 is 0 Å². The summed E-state index contributed by atoms with van der Waals surface area (Å²) < 4.78 is 0. The fourth-order valence-electron chi connectivity index (χ4n) is 1.80. The van der Waals surface area contributed by atoms with Gasteiger partial charge in [-0.1, -0.05) is 20.8 Å². The predicted molar refractivity (Wildman–Crippen MR) is 50.6 cm³/mol. The second kappa shape index (κ2) is 3.45. The molecule has 0 aromatic rings. The lowest BCUT2D eigenvalue weighted by molar-refractivity contribution is 0.322. The van der Waals surface area contributed by atoms with Gasteiger partial charge in [0, 0.05) is 12.5 Å². The van der Waals surface area contributed by atoms with Gasteiger partial charge in [0.2, 0.25) is 0 Å². The first-order valence-corrected chi connectivity index (χ1v) is 4.64. The summed E-state index contributed by atoms with van der Waals surface area (Å²) >= 11 is 0. The Morgan fingerprint density at radius 2 is 2.08 bits per heavy atom. The van der Waals surface area contributed by atoms with Crippen LogP contribution in [0.15, 0.2) is 0 Å². The summed E-state index contributed by atoms with van der Waals surface area (Å²) in [6.45, 7) is 13.6. The molecule has 1 saturated heterocycles. The molecule has 1 aliphatic heterocycles. The number of rotatable bonds is 1. The molecule has 0 aromatic carbocycles. The van der Waals surface area contributed by atoms with Gasteiger partial charge in [-0.2, -0.15) is 0 Å². The molecular formula is C10H18N2. The zero-order valence-electron chi connectivity index (χ0n) is 8.22. The van der Waals surface area contributed by atoms with Crippen LogP contribution in [0.25, 0.3) is 4.85 Å². The van der Waals surface area contributed by atoms with Crippen LogP contribution in [0.2, 0.25) is 0 Å². The number of nitrogens with one attached hydrogen (secondary N) is 1. The van der Waals surface area contributed by atoms with Crippen molar-refractivity contribution in [3.05, 3.63) is 11.4 Å². The van der Waals surface area contributed by atoms with Gasteiger partial charge in [-0.25, -0.2) is 11.9 Å². The minimum atomic E-state index is 0.0948. The largest absolute Gasteiger partial charge is 0.296 e. The molecule has 1 heterocycles. The lowest BCUT2D eigenvalue weighted by Gasteiger charge is -2.22. The fourth-order valence-corrected chi connectivity index (χ4v) is 1.80. The van der Waals surface area contributed by atoms with Gasteiger partial charge < -0.3 is 0 Å². The Morgan fingerprint density at radius 1 is 1.42 bits per heavy atom. The minimum Gasteiger partial charge on any atom is -0.296 e. The highest BCUT2D eigenvalue weighted by molar-refractivity contribution is 4.90. The third kappa shape index (κ3) is 2.83. The van der Waals surface area contributed by atoms with E-state index in [9.17, 15) is 0 Å². The molecule has 0 amide bonds. The Morgan fingerprint density at radius 3 is 2.50 bits per heavy atom. The van der Waals surface area contributed by atoms with Crippen LogP contribution in [0.1, 0.15) is 40.0 Å². The Hall–Kier alpha value is -0.550. The Labute approximate surface area is 75.2 Å². The second-order valence-electron chi connectivity index (χ2n) is 4.85. The standard InChI is InChI=1S/C10H18N2/c1-10(2,3)7-8-5-6-9(11-4)12-8/h8-9,12H,5-7H2,1-3H3/t8-,9+/m0/s1. The van der Waals surface area contributed by atoms with Crippen molar-refractivity contribution in [2.75, 3.05) is 0 Å². The average Bonchev–Trinajstić information content (AvgIpc) is 2.32. The van der Waals surface area contributed by atoms with Gasteiger partial charge in [0.25, 0.3) is 6.17 Å². The fraction of sp³-hybridized carbons (Fsp3) is 0.900. The molecule has 0 unspecified atom stereocenters. The van der Waals surface area contributed by atoms with Gasteiger partial charge in [0.05, 0.1) is 0 Å². The van der Waals surface area contributed by atoms with E-state index >= 15 is 0 Å². The van der Waals surface area contributed by atoms with Crippen LogP contribution in [0.3, 0.4) is 0 Å². The summed E-state index contributed by atoms with van der Waals surface area (Å²) in [4.78, 5) is 3.51. The molecule has 0 aromatic heterocycles. The molecule has 0 radical (unpaired) electrons. The molecular weight excluding hydrogens is 148 g/mol. The average molecular weight is 166 g/mol. The third-order valence-corrected chi connectivity index (χ3v) is 2.23. The lowest BCUT2D eigenvalue weighted by atomic mass is 9.88. The van der Waals surface area contributed by atoms with Crippen molar-refractivity contribution in [3.8, 4) is 0 Å². The summed E-state index contributed by atoms with van der Waals surface area (Å²) in [5, 5.41) is 3.34. The first-order valence-electron chi connectivity index (χ1n) is 4.64. The van der Waals surface area contributed by atoms with Gasteiger partial charge in [0.15, 0.2) is 0 Å². The van der Waals surface area contributed by atoms with E-state index in [1.54, 1.807) is 0 Å². The molecule has 1 N–H and O–H groups in total. The van der Waals surface area contributed by atoms with Crippen molar-refractivity contribution in [2.24, 2.45) is 5.41 Å². The normalized spacial score (nSPS) is 30.2. The zero-order chi connectivity index (χ0) is 9.19. The summed E-state index contributed by atoms with van der Waals surface area (Å²) in [6, 6.07) is 0.573. The third-order valence-electron chi connectivity index (χ3n) is 2.23. The molecule has 0 aliphatic carbocycles. The maximum Gasteiger partial charge on any atom is 0.277 e. The van der Waals surface area contributed by atoms with Gasteiger partial charge in [-0.15, -0.1) is 0 Å². The van der Waals surface area contributed by atoms with Gasteiger partial charge in [0.1, 0.15) is 0 Å². The first-order chi connectivity index (χ1) is 5.51. The van der Waals surface area contributed by atoms with Crippen molar-refractivity contribution < 1.29 is 0 Å². The van der Waals surface area contributed by atoms with Crippen LogP contribution in [0.4, 0.5) is 0 Å². The Balaban J connectivity index is 2.34. The number of hydrogen-bond acceptors (Lipinski definition) is 1. The molecule has 0 spiro atoms. The summed E-state index contributed by atoms with van der Waals surface area (Å²) in [5.41, 5.74) is 0.384. The van der Waals surface area contributed by atoms with E-state index in [4.69, 9.17) is 6.57 Å². The molecule has 0 bridgehead atoms. The molecule has 2 atom stereocenters. The summed E-state index contributed by atoms with van der Waals surface area (Å²) in [6.07, 6.45) is 3.48. The van der Waals surface area contributed by atoms with E-state index in [-0.39, 0.29) is 6.17 Å². The van der Waals surface area contributed by atoms with Crippen LogP contribution < -0.4 is 5.32 Å². The highest BCUT2D eigenvalue weighted by atomic mass is 15.1. The van der Waals surface area contributed by atoms with Crippen LogP contribution in [-0.2, 0) is 0 Å². The second-order valence-corrected chi connectivity index (χ2v) is 4.85. The van der Waals surface area contributed by atoms with Crippen molar-refractivity contribution in [1.29, 1.82) is 0 Å². The van der Waals surface area contributed by atoms with Crippen LogP contribution >= 0.6 is 0 Å². The zero-order valence-corrected chi connectivity index (χ0v) is 8.22. The molecule has 68 valence electrons. The van der Waals surface area contributed by atoms with Crippen LogP contribution in [0.5, 0.6) is 0 Å². The highest BCUT2D eigenvalue weighted by Gasteiger charge is 2.29. The number of hydrogen-bond donors (Lipinski definition) is 1. The van der Waals surface area contributed by atoms with E-state index in [2.05, 4.69) is 30.9 Å². The smallest absolute Gasteiger partial charge is 0.277 e. The molecule has 2 nitrogen and oxygen atoms in total. The van der Waals surface area contributed by atoms with Crippen LogP contribution in [0, 0.1) is 12.0 Å². The molecule has 2 heteroatoms. The van der Waals surface area contributed by atoms with E-state index in [1.807, 2.05) is 0 Å². The highest BCUT2D eigenvalue weighted by Crippen LogP contribution is 2.26. The molecule has 12 heavy (non-hydrogen) atoms. The molecule has 1 aliphatic rings. The van der Waals surface area contributed by atoms with Crippen molar-refractivity contribution in [1.82, 2.24) is 5.32 Å². The van der Waals surface area contributed by atoms with Gasteiger partial charge >= 0.3 is 0 Å². The first kappa shape index (κ1) is 9.54. The Kier molecular flexibility index (Phi) is 2.74. The lowest BCUT2D eigenvalue weighted by Crippen LogP contribution is -2.30. The minimum absolute atomic E-state index is 0.0948. The van der Waals surface area contributed by atoms with Crippen molar-refractivity contribution in [2.45, 2.75) is 52.2 Å². The van der Waals surface area contributed by atoms with Gasteiger partial charge in [-0.05, 0) is 18.3 Å². The van der Waals surface area contributed by atoms with E-state index in [0.717, 1.165) is 6.42 Å². The predicted octanol–water partition coefficient (Wildman–Crippen LogP) is 2.42. The Bertz CT molecular complexity index is 185. The maximum absolute atomic E-state index is 6.88. The monoisotopic (exact) mass is 166 g/mol. The van der Waals surface area contributed by atoms with Gasteiger partial charge in [-0.3, -0.25) is 4.85 Å². The summed E-state index contributed by atoms with van der Waals surface area (Å²) in [7, 11) is 0. The van der Waals surface area contributed by atoms with E-state index < -0.39 is 0 Å². The van der Waals surface area contributed by atoms with Crippen molar-refractivity contribution in [3.63, 3.8) is 0 Å². The van der Waals surface area contributed by atoms with E-state index in [0.29, 0.717) is 11.5 Å². The SMILES string of the molecule is [C-]#[N+][C@H]1CC[C@@H](CC(C)(C)C)N1. The number of nitrogens with zero attached hydrogens (tertiary/aromatic N) is 1.